The van der Waals surface area contributed by atoms with Crippen LogP contribution in [-0.2, 0) is 9.84 Å². The van der Waals surface area contributed by atoms with Gasteiger partial charge in [-0.1, -0.05) is 18.7 Å². The van der Waals surface area contributed by atoms with E-state index in [2.05, 4.69) is 16.5 Å². The van der Waals surface area contributed by atoms with Crippen LogP contribution in [0.15, 0.2) is 60.8 Å². The molecule has 104 valence electrons. The van der Waals surface area contributed by atoms with Crippen molar-refractivity contribution in [1.82, 2.24) is 9.97 Å². The Bertz CT molecular complexity index is 618. The van der Waals surface area contributed by atoms with Crippen LogP contribution in [0.1, 0.15) is 0 Å². The molecule has 0 spiro atoms. The Morgan fingerprint density at radius 3 is 2.00 bits per heavy atom. The maximum absolute atomic E-state index is 11.6. The highest BCUT2D eigenvalue weighted by atomic mass is 32.2. The van der Waals surface area contributed by atoms with Crippen molar-refractivity contribution in [3.63, 3.8) is 0 Å². The van der Waals surface area contributed by atoms with Gasteiger partial charge >= 0.3 is 0 Å². The molecule has 0 atom stereocenters. The first-order valence-electron chi connectivity index (χ1n) is 6.07. The van der Waals surface area contributed by atoms with Crippen LogP contribution in [0.25, 0.3) is 0 Å². The third kappa shape index (κ3) is 3.64. The molecule has 0 aromatic carbocycles. The molecule has 5 nitrogen and oxygen atoms in total. The molecular weight excluding hydrogens is 274 g/mol. The molecule has 0 radical (unpaired) electrons. The summed E-state index contributed by atoms with van der Waals surface area (Å²) in [7, 11) is -3.26. The van der Waals surface area contributed by atoms with Crippen LogP contribution in [0.3, 0.4) is 0 Å². The molecule has 0 amide bonds. The third-order valence-corrected chi connectivity index (χ3v) is 3.96. The van der Waals surface area contributed by atoms with Gasteiger partial charge in [-0.3, -0.25) is 0 Å². The van der Waals surface area contributed by atoms with E-state index in [1.807, 2.05) is 24.3 Å². The quantitative estimate of drug-likeness (QED) is 0.815. The number of nitrogens with zero attached hydrogens (tertiary/aromatic N) is 3. The normalized spacial score (nSPS) is 11.0. The minimum Gasteiger partial charge on any atom is -0.310 e. The van der Waals surface area contributed by atoms with Gasteiger partial charge in [-0.2, -0.15) is 0 Å². The van der Waals surface area contributed by atoms with Gasteiger partial charge in [0.25, 0.3) is 0 Å². The summed E-state index contributed by atoms with van der Waals surface area (Å²) in [4.78, 5) is 10.3. The van der Waals surface area contributed by atoms with E-state index in [1.165, 1.54) is 0 Å². The van der Waals surface area contributed by atoms with Gasteiger partial charge in [0.1, 0.15) is 11.6 Å². The predicted octanol–water partition coefficient (Wildman–Crippen LogP) is 2.17. The zero-order chi connectivity index (χ0) is 14.4. The lowest BCUT2D eigenvalue weighted by molar-refractivity contribution is 0.604. The van der Waals surface area contributed by atoms with E-state index in [1.54, 1.807) is 29.4 Å². The number of anilines is 2. The van der Waals surface area contributed by atoms with Crippen molar-refractivity contribution < 1.29 is 8.42 Å². The fraction of sp³-hybridized carbons (Fsp3) is 0.143. The Labute approximate surface area is 118 Å². The van der Waals surface area contributed by atoms with Crippen molar-refractivity contribution in [2.24, 2.45) is 0 Å². The summed E-state index contributed by atoms with van der Waals surface area (Å²) in [5, 5.41) is 0.974. The molecule has 20 heavy (non-hydrogen) atoms. The molecule has 2 rings (SSSR count). The third-order valence-electron chi connectivity index (χ3n) is 2.71. The van der Waals surface area contributed by atoms with Crippen molar-refractivity contribution in [3.05, 3.63) is 60.8 Å². The smallest absolute Gasteiger partial charge is 0.172 e. The average molecular weight is 289 g/mol. The van der Waals surface area contributed by atoms with Crippen LogP contribution in [-0.4, -0.2) is 30.7 Å². The van der Waals surface area contributed by atoms with Crippen LogP contribution < -0.4 is 4.90 Å². The summed E-state index contributed by atoms with van der Waals surface area (Å²) in [5.41, 5.74) is 0. The van der Waals surface area contributed by atoms with Gasteiger partial charge in [0, 0.05) is 24.3 Å². The molecule has 0 unspecified atom stereocenters. The van der Waals surface area contributed by atoms with Gasteiger partial charge in [0.15, 0.2) is 9.84 Å². The maximum Gasteiger partial charge on any atom is 0.172 e. The second-order valence-electron chi connectivity index (χ2n) is 4.06. The molecule has 0 saturated heterocycles. The number of pyridine rings is 2. The molecule has 0 aliphatic carbocycles. The highest BCUT2D eigenvalue weighted by Crippen LogP contribution is 2.20. The fourth-order valence-electron chi connectivity index (χ4n) is 1.68. The van der Waals surface area contributed by atoms with Crippen LogP contribution >= 0.6 is 0 Å². The van der Waals surface area contributed by atoms with Gasteiger partial charge in [0.05, 0.1) is 5.75 Å². The second-order valence-corrected chi connectivity index (χ2v) is 6.13. The molecule has 0 fully saturated rings. The number of sulfone groups is 1. The first-order valence-corrected chi connectivity index (χ1v) is 7.79. The Balaban J connectivity index is 2.29. The standard InChI is InChI=1S/C14H15N3O2S/c1-2-20(18,19)12-11-17(13-7-3-5-9-15-13)14-8-4-6-10-16-14/h2-10H,1,11-12H2. The highest BCUT2D eigenvalue weighted by Gasteiger charge is 2.14. The first kappa shape index (κ1) is 14.2. The van der Waals surface area contributed by atoms with Crippen molar-refractivity contribution >= 4 is 21.5 Å². The molecular formula is C14H15N3O2S. The van der Waals surface area contributed by atoms with Crippen molar-refractivity contribution in [2.45, 2.75) is 0 Å². The zero-order valence-corrected chi connectivity index (χ0v) is 11.7. The summed E-state index contributed by atoms with van der Waals surface area (Å²) in [6, 6.07) is 10.9. The largest absolute Gasteiger partial charge is 0.310 e. The Morgan fingerprint density at radius 2 is 1.60 bits per heavy atom. The van der Waals surface area contributed by atoms with Crippen molar-refractivity contribution in [1.29, 1.82) is 0 Å². The number of hydrogen-bond donors (Lipinski definition) is 0. The Morgan fingerprint density at radius 1 is 1.05 bits per heavy atom. The number of rotatable bonds is 6. The van der Waals surface area contributed by atoms with E-state index in [9.17, 15) is 8.42 Å². The minimum absolute atomic E-state index is 0.0380. The van der Waals surface area contributed by atoms with Gasteiger partial charge < -0.3 is 4.90 Å². The molecule has 0 bridgehead atoms. The van der Waals surface area contributed by atoms with Crippen LogP contribution in [0, 0.1) is 0 Å². The van der Waals surface area contributed by atoms with E-state index in [-0.39, 0.29) is 12.3 Å². The zero-order valence-electron chi connectivity index (χ0n) is 10.9. The highest BCUT2D eigenvalue weighted by molar-refractivity contribution is 7.94. The molecule has 2 heterocycles. The topological polar surface area (TPSA) is 63.2 Å². The van der Waals surface area contributed by atoms with Gasteiger partial charge in [-0.25, -0.2) is 18.4 Å². The molecule has 0 N–H and O–H groups in total. The van der Waals surface area contributed by atoms with E-state index < -0.39 is 9.84 Å². The van der Waals surface area contributed by atoms with E-state index in [0.29, 0.717) is 11.6 Å². The maximum atomic E-state index is 11.6. The van der Waals surface area contributed by atoms with Crippen molar-refractivity contribution in [2.75, 3.05) is 17.2 Å². The SMILES string of the molecule is C=CS(=O)(=O)CCN(c1ccccn1)c1ccccn1. The average Bonchev–Trinajstić information content (AvgIpc) is 2.49. The van der Waals surface area contributed by atoms with Gasteiger partial charge in [0.2, 0.25) is 0 Å². The molecule has 0 aliphatic heterocycles. The molecule has 6 heteroatoms. The molecule has 0 aliphatic rings. The van der Waals surface area contributed by atoms with Crippen LogP contribution in [0.5, 0.6) is 0 Å². The Hall–Kier alpha value is -2.21. The summed E-state index contributed by atoms with van der Waals surface area (Å²) >= 11 is 0. The molecule has 0 saturated carbocycles. The van der Waals surface area contributed by atoms with E-state index >= 15 is 0 Å². The minimum atomic E-state index is -3.26. The Kier molecular flexibility index (Phi) is 4.47. The van der Waals surface area contributed by atoms with Crippen molar-refractivity contribution in [3.8, 4) is 0 Å². The summed E-state index contributed by atoms with van der Waals surface area (Å²) < 4.78 is 23.2. The summed E-state index contributed by atoms with van der Waals surface area (Å²) in [5.74, 6) is 1.28. The van der Waals surface area contributed by atoms with Crippen LogP contribution in [0.2, 0.25) is 0 Å². The lowest BCUT2D eigenvalue weighted by atomic mass is 10.3. The van der Waals surface area contributed by atoms with E-state index in [0.717, 1.165) is 5.41 Å². The van der Waals surface area contributed by atoms with Gasteiger partial charge in [-0.15, -0.1) is 0 Å². The first-order chi connectivity index (χ1) is 9.62. The number of aromatic nitrogens is 2. The van der Waals surface area contributed by atoms with Gasteiger partial charge in [-0.05, 0) is 24.3 Å². The molecule has 2 aromatic heterocycles. The number of hydrogen-bond acceptors (Lipinski definition) is 5. The van der Waals surface area contributed by atoms with Crippen LogP contribution in [0.4, 0.5) is 11.6 Å². The monoisotopic (exact) mass is 289 g/mol. The lowest BCUT2D eigenvalue weighted by Crippen LogP contribution is -2.25. The van der Waals surface area contributed by atoms with E-state index in [4.69, 9.17) is 0 Å². The second kappa shape index (κ2) is 6.29. The summed E-state index contributed by atoms with van der Waals surface area (Å²) in [6.45, 7) is 3.58. The molecule has 2 aromatic rings. The lowest BCUT2D eigenvalue weighted by Gasteiger charge is -2.22. The fourth-order valence-corrected chi connectivity index (χ4v) is 2.28. The predicted molar refractivity (Wildman–Crippen MR) is 79.5 cm³/mol. The summed E-state index contributed by atoms with van der Waals surface area (Å²) in [6.07, 6.45) is 3.32.